The molecule has 2 aromatic rings. The second-order valence-corrected chi connectivity index (χ2v) is 5.17. The van der Waals surface area contributed by atoms with Gasteiger partial charge in [0.05, 0.1) is 11.3 Å². The van der Waals surface area contributed by atoms with Crippen molar-refractivity contribution in [3.63, 3.8) is 0 Å². The van der Waals surface area contributed by atoms with Crippen molar-refractivity contribution < 1.29 is 19.1 Å². The summed E-state index contributed by atoms with van der Waals surface area (Å²) in [5, 5.41) is 12.0. The number of benzene rings is 1. The molecule has 0 spiro atoms. The Morgan fingerprint density at radius 1 is 1.32 bits per heavy atom. The van der Waals surface area contributed by atoms with Crippen LogP contribution in [0.15, 0.2) is 24.3 Å². The fourth-order valence-electron chi connectivity index (χ4n) is 2.69. The fraction of sp³-hybridized carbons (Fsp3) is 0.125. The lowest BCUT2D eigenvalue weighted by Gasteiger charge is -2.04. The van der Waals surface area contributed by atoms with E-state index in [9.17, 15) is 19.1 Å². The summed E-state index contributed by atoms with van der Waals surface area (Å²) < 4.78 is 14.5. The number of carboxylic acid groups (broad SMARTS) is 1. The monoisotopic (exact) mass is 300 g/mol. The van der Waals surface area contributed by atoms with Gasteiger partial charge in [-0.25, -0.2) is 9.18 Å². The first-order valence-electron chi connectivity index (χ1n) is 6.63. The van der Waals surface area contributed by atoms with Gasteiger partial charge in [0.25, 0.3) is 5.91 Å². The Morgan fingerprint density at radius 3 is 2.73 bits per heavy atom. The lowest BCUT2D eigenvalue weighted by Crippen LogP contribution is -2.12. The van der Waals surface area contributed by atoms with Crippen LogP contribution < -0.4 is 5.32 Å². The molecule has 0 saturated heterocycles. The van der Waals surface area contributed by atoms with Crippen LogP contribution in [-0.2, 0) is 4.79 Å². The number of nitrogens with zero attached hydrogens (tertiary/aromatic N) is 1. The van der Waals surface area contributed by atoms with E-state index < -0.39 is 11.9 Å². The van der Waals surface area contributed by atoms with Crippen LogP contribution in [0.4, 0.5) is 14.9 Å². The number of hydrogen-bond acceptors (Lipinski definition) is 2. The van der Waals surface area contributed by atoms with Crippen LogP contribution in [0.5, 0.6) is 0 Å². The molecule has 0 atom stereocenters. The molecule has 1 amide bonds. The zero-order valence-electron chi connectivity index (χ0n) is 12.0. The van der Waals surface area contributed by atoms with Crippen LogP contribution in [0.3, 0.4) is 0 Å². The highest BCUT2D eigenvalue weighted by atomic mass is 19.1. The maximum atomic E-state index is 13.4. The first-order chi connectivity index (χ1) is 10.4. The van der Waals surface area contributed by atoms with Gasteiger partial charge in [0.1, 0.15) is 5.82 Å². The topological polar surface area (TPSA) is 71.3 Å². The quantitative estimate of drug-likeness (QED) is 0.794. The lowest BCUT2D eigenvalue weighted by atomic mass is 10.0. The molecular weight excluding hydrogens is 287 g/mol. The van der Waals surface area contributed by atoms with E-state index >= 15 is 0 Å². The van der Waals surface area contributed by atoms with E-state index in [4.69, 9.17) is 0 Å². The first-order valence-corrected chi connectivity index (χ1v) is 6.63. The lowest BCUT2D eigenvalue weighted by molar-refractivity contribution is -0.110. The van der Waals surface area contributed by atoms with Crippen LogP contribution in [0, 0.1) is 19.7 Å². The largest absolute Gasteiger partial charge is 0.464 e. The number of anilines is 1. The van der Waals surface area contributed by atoms with E-state index in [0.717, 1.165) is 10.1 Å². The predicted molar refractivity (Wildman–Crippen MR) is 80.2 cm³/mol. The molecule has 5 nitrogen and oxygen atoms in total. The molecule has 6 heteroatoms. The molecule has 1 aliphatic heterocycles. The number of aryl methyl sites for hydroxylation is 2. The zero-order valence-corrected chi connectivity index (χ0v) is 12.0. The van der Waals surface area contributed by atoms with Gasteiger partial charge in [-0.1, -0.05) is 0 Å². The van der Waals surface area contributed by atoms with Gasteiger partial charge in [0, 0.05) is 16.9 Å². The number of carbonyl (C=O) groups is 2. The third kappa shape index (κ3) is 2.09. The number of fused-ring (bicyclic) bond motifs is 1. The van der Waals surface area contributed by atoms with Crippen molar-refractivity contribution in [3.05, 3.63) is 52.6 Å². The van der Waals surface area contributed by atoms with Gasteiger partial charge in [-0.05, 0) is 49.8 Å². The second kappa shape index (κ2) is 4.84. The van der Waals surface area contributed by atoms with Crippen LogP contribution in [0.1, 0.15) is 22.5 Å². The molecule has 0 saturated carbocycles. The molecule has 1 aromatic carbocycles. The number of amides is 1. The number of carbonyl (C=O) groups excluding carboxylic acids is 1. The van der Waals surface area contributed by atoms with E-state index in [1.165, 1.54) is 24.3 Å². The first kappa shape index (κ1) is 14.1. The van der Waals surface area contributed by atoms with Crippen molar-refractivity contribution >= 4 is 29.3 Å². The molecule has 3 rings (SSSR count). The average molecular weight is 300 g/mol. The van der Waals surface area contributed by atoms with Crippen LogP contribution >= 0.6 is 0 Å². The molecule has 22 heavy (non-hydrogen) atoms. The van der Waals surface area contributed by atoms with Crippen molar-refractivity contribution in [1.82, 2.24) is 4.57 Å². The molecule has 2 N–H and O–H groups in total. The maximum Gasteiger partial charge on any atom is 0.416 e. The highest BCUT2D eigenvalue weighted by Gasteiger charge is 2.26. The third-order valence-electron chi connectivity index (χ3n) is 3.66. The van der Waals surface area contributed by atoms with Crippen molar-refractivity contribution in [1.29, 1.82) is 0 Å². The molecule has 0 bridgehead atoms. The summed E-state index contributed by atoms with van der Waals surface area (Å²) in [7, 11) is 0. The third-order valence-corrected chi connectivity index (χ3v) is 3.66. The van der Waals surface area contributed by atoms with E-state index in [1.54, 1.807) is 19.9 Å². The zero-order chi connectivity index (χ0) is 16.0. The number of hydrogen-bond donors (Lipinski definition) is 2. The van der Waals surface area contributed by atoms with Crippen LogP contribution in [-0.4, -0.2) is 21.7 Å². The fourth-order valence-corrected chi connectivity index (χ4v) is 2.69. The van der Waals surface area contributed by atoms with E-state index in [1.807, 2.05) is 0 Å². The van der Waals surface area contributed by atoms with Crippen molar-refractivity contribution in [2.45, 2.75) is 13.8 Å². The average Bonchev–Trinajstić information content (AvgIpc) is 2.88. The minimum atomic E-state index is -1.13. The molecule has 112 valence electrons. The Labute approximate surface area is 125 Å². The Bertz CT molecular complexity index is 849. The van der Waals surface area contributed by atoms with Gasteiger partial charge in [-0.3, -0.25) is 9.36 Å². The van der Waals surface area contributed by atoms with Crippen LogP contribution in [0.2, 0.25) is 0 Å². The molecular formula is C16H13FN2O3. The summed E-state index contributed by atoms with van der Waals surface area (Å²) in [6.07, 6.45) is 0.354. The Kier molecular flexibility index (Phi) is 3.09. The standard InChI is InChI=1S/C16H13FN2O3/c1-8-5-9(2)19(16(21)22)14(8)7-12-11-6-10(17)3-4-13(11)18-15(12)20/h3-7H,1-2H3,(H,18,20)(H,21,22)/b12-7-. The Balaban J connectivity index is 2.21. The molecule has 0 unspecified atom stereocenters. The van der Waals surface area contributed by atoms with Gasteiger partial charge >= 0.3 is 6.09 Å². The van der Waals surface area contributed by atoms with Gasteiger partial charge in [-0.15, -0.1) is 0 Å². The molecule has 1 aliphatic rings. The van der Waals surface area contributed by atoms with Gasteiger partial charge in [-0.2, -0.15) is 0 Å². The number of halogens is 1. The minimum Gasteiger partial charge on any atom is -0.464 e. The summed E-state index contributed by atoms with van der Waals surface area (Å²) in [6.45, 7) is 3.43. The highest BCUT2D eigenvalue weighted by molar-refractivity contribution is 6.34. The number of aromatic nitrogens is 1. The number of nitrogens with one attached hydrogen (secondary N) is 1. The van der Waals surface area contributed by atoms with Gasteiger partial charge in [0.15, 0.2) is 0 Å². The second-order valence-electron chi connectivity index (χ2n) is 5.17. The normalized spacial score (nSPS) is 15.0. The van der Waals surface area contributed by atoms with E-state index in [0.29, 0.717) is 22.6 Å². The molecule has 0 fully saturated rings. The maximum absolute atomic E-state index is 13.4. The molecule has 2 heterocycles. The molecule has 0 radical (unpaired) electrons. The van der Waals surface area contributed by atoms with Crippen molar-refractivity contribution in [2.75, 3.05) is 5.32 Å². The Hall–Kier alpha value is -2.89. The summed E-state index contributed by atoms with van der Waals surface area (Å²) in [4.78, 5) is 23.5. The molecule has 0 aliphatic carbocycles. The SMILES string of the molecule is Cc1cc(C)n(C(=O)O)c1/C=C1\C(=O)Nc2ccc(F)cc21. The van der Waals surface area contributed by atoms with E-state index in [2.05, 4.69) is 5.32 Å². The summed E-state index contributed by atoms with van der Waals surface area (Å²) in [5.74, 6) is -0.835. The summed E-state index contributed by atoms with van der Waals surface area (Å²) in [5.41, 5.74) is 2.87. The summed E-state index contributed by atoms with van der Waals surface area (Å²) >= 11 is 0. The van der Waals surface area contributed by atoms with E-state index in [-0.39, 0.29) is 11.5 Å². The van der Waals surface area contributed by atoms with Gasteiger partial charge in [0.2, 0.25) is 0 Å². The minimum absolute atomic E-state index is 0.248. The number of rotatable bonds is 1. The molecule has 1 aromatic heterocycles. The van der Waals surface area contributed by atoms with Crippen molar-refractivity contribution in [3.8, 4) is 0 Å². The van der Waals surface area contributed by atoms with Crippen LogP contribution in [0.25, 0.3) is 11.6 Å². The van der Waals surface area contributed by atoms with Crippen molar-refractivity contribution in [2.24, 2.45) is 0 Å². The highest BCUT2D eigenvalue weighted by Crippen LogP contribution is 2.34. The summed E-state index contributed by atoms with van der Waals surface area (Å²) in [6, 6.07) is 5.73. The van der Waals surface area contributed by atoms with Gasteiger partial charge < -0.3 is 10.4 Å². The smallest absolute Gasteiger partial charge is 0.416 e. The Morgan fingerprint density at radius 2 is 2.05 bits per heavy atom. The predicted octanol–water partition coefficient (Wildman–Crippen LogP) is 3.26.